The summed E-state index contributed by atoms with van der Waals surface area (Å²) in [6.45, 7) is 4.35. The second kappa shape index (κ2) is 6.99. The molecule has 1 aliphatic heterocycles. The van der Waals surface area contributed by atoms with Gasteiger partial charge in [-0.3, -0.25) is 9.59 Å². The Morgan fingerprint density at radius 3 is 2.30 bits per heavy atom. The maximum atomic E-state index is 13.5. The van der Waals surface area contributed by atoms with Crippen LogP contribution in [-0.2, 0) is 6.54 Å². The molecule has 1 aliphatic rings. The molecule has 0 radical (unpaired) electrons. The molecule has 0 fully saturated rings. The zero-order valence-electron chi connectivity index (χ0n) is 16.9. The molecule has 1 aromatic heterocycles. The largest absolute Gasteiger partial charge is 0.450 e. The van der Waals surface area contributed by atoms with Crippen LogP contribution in [0.4, 0.5) is 0 Å². The molecule has 30 heavy (non-hydrogen) atoms. The fourth-order valence-electron chi connectivity index (χ4n) is 4.16. The molecule has 1 unspecified atom stereocenters. The molecule has 0 bridgehead atoms. The van der Waals surface area contributed by atoms with Gasteiger partial charge in [-0.1, -0.05) is 66.2 Å². The van der Waals surface area contributed by atoms with Crippen molar-refractivity contribution in [3.8, 4) is 0 Å². The van der Waals surface area contributed by atoms with Crippen LogP contribution in [-0.4, -0.2) is 10.8 Å². The fourth-order valence-corrected chi connectivity index (χ4v) is 4.16. The van der Waals surface area contributed by atoms with Crippen molar-refractivity contribution < 1.29 is 9.21 Å². The summed E-state index contributed by atoms with van der Waals surface area (Å²) in [7, 11) is 0. The highest BCUT2D eigenvalue weighted by molar-refractivity contribution is 5.99. The number of amides is 1. The van der Waals surface area contributed by atoms with E-state index in [0.29, 0.717) is 23.1 Å². The summed E-state index contributed by atoms with van der Waals surface area (Å²) in [6, 6.07) is 22.8. The topological polar surface area (TPSA) is 50.5 Å². The molecule has 1 atom stereocenters. The summed E-state index contributed by atoms with van der Waals surface area (Å²) in [5, 5.41) is 0.505. The highest BCUT2D eigenvalue weighted by Gasteiger charge is 2.42. The van der Waals surface area contributed by atoms with Crippen molar-refractivity contribution in [2.45, 2.75) is 26.4 Å². The summed E-state index contributed by atoms with van der Waals surface area (Å²) >= 11 is 0. The van der Waals surface area contributed by atoms with Gasteiger partial charge in [0.1, 0.15) is 5.58 Å². The van der Waals surface area contributed by atoms with Crippen molar-refractivity contribution >= 4 is 16.9 Å². The normalized spacial score (nSPS) is 15.6. The molecular formula is C26H21NO3. The van der Waals surface area contributed by atoms with E-state index < -0.39 is 6.04 Å². The zero-order valence-corrected chi connectivity index (χ0v) is 16.9. The van der Waals surface area contributed by atoms with Crippen molar-refractivity contribution in [3.63, 3.8) is 0 Å². The molecule has 2 heterocycles. The van der Waals surface area contributed by atoms with Gasteiger partial charge in [0.2, 0.25) is 5.76 Å². The van der Waals surface area contributed by atoms with Crippen molar-refractivity contribution in [3.05, 3.63) is 117 Å². The van der Waals surface area contributed by atoms with Gasteiger partial charge in [-0.15, -0.1) is 0 Å². The molecule has 1 amide bonds. The lowest BCUT2D eigenvalue weighted by Gasteiger charge is -2.25. The van der Waals surface area contributed by atoms with Gasteiger partial charge in [0, 0.05) is 6.54 Å². The van der Waals surface area contributed by atoms with E-state index in [-0.39, 0.29) is 17.1 Å². The van der Waals surface area contributed by atoms with Gasteiger partial charge in [-0.05, 0) is 42.7 Å². The number of rotatable bonds is 3. The highest BCUT2D eigenvalue weighted by atomic mass is 16.3. The maximum Gasteiger partial charge on any atom is 0.291 e. The van der Waals surface area contributed by atoms with E-state index in [1.165, 1.54) is 0 Å². The van der Waals surface area contributed by atoms with Crippen LogP contribution >= 0.6 is 0 Å². The Hall–Kier alpha value is -3.66. The average Bonchev–Trinajstić information content (AvgIpc) is 3.01. The molecule has 4 nitrogen and oxygen atoms in total. The lowest BCUT2D eigenvalue weighted by molar-refractivity contribution is 0.0714. The van der Waals surface area contributed by atoms with E-state index in [9.17, 15) is 9.59 Å². The van der Waals surface area contributed by atoms with Crippen LogP contribution in [0.1, 0.15) is 44.4 Å². The molecule has 0 N–H and O–H groups in total. The van der Waals surface area contributed by atoms with Gasteiger partial charge < -0.3 is 9.32 Å². The number of fused-ring (bicyclic) bond motifs is 2. The first-order chi connectivity index (χ1) is 14.5. The van der Waals surface area contributed by atoms with E-state index in [2.05, 4.69) is 0 Å². The van der Waals surface area contributed by atoms with Gasteiger partial charge in [-0.25, -0.2) is 0 Å². The van der Waals surface area contributed by atoms with Gasteiger partial charge >= 0.3 is 0 Å². The zero-order chi connectivity index (χ0) is 20.8. The Balaban J connectivity index is 1.74. The average molecular weight is 395 g/mol. The third kappa shape index (κ3) is 2.92. The minimum Gasteiger partial charge on any atom is -0.450 e. The number of carbonyl (C=O) groups excluding carboxylic acids is 1. The molecule has 5 rings (SSSR count). The van der Waals surface area contributed by atoms with Crippen molar-refractivity contribution in [1.82, 2.24) is 4.90 Å². The number of hydrogen-bond donors (Lipinski definition) is 0. The molecule has 4 heteroatoms. The van der Waals surface area contributed by atoms with Crippen LogP contribution in [0.2, 0.25) is 0 Å². The first-order valence-electron chi connectivity index (χ1n) is 10.0. The van der Waals surface area contributed by atoms with Crippen LogP contribution in [0, 0.1) is 13.8 Å². The molecule has 0 saturated heterocycles. The number of carbonyl (C=O) groups is 1. The summed E-state index contributed by atoms with van der Waals surface area (Å²) in [5.74, 6) is -0.0976. The summed E-state index contributed by atoms with van der Waals surface area (Å²) in [6.07, 6.45) is 0. The Morgan fingerprint density at radius 1 is 0.867 bits per heavy atom. The van der Waals surface area contributed by atoms with Crippen molar-refractivity contribution in [2.75, 3.05) is 0 Å². The maximum absolute atomic E-state index is 13.5. The SMILES string of the molecule is Cc1ccc(C2c3c(oc4cc(C)ccc4c3=O)C(=O)N2Cc2ccccc2)cc1. The smallest absolute Gasteiger partial charge is 0.291 e. The van der Waals surface area contributed by atoms with Crippen LogP contribution in [0.25, 0.3) is 11.0 Å². The Bertz CT molecular complexity index is 1320. The predicted molar refractivity (Wildman–Crippen MR) is 117 cm³/mol. The van der Waals surface area contributed by atoms with E-state index >= 15 is 0 Å². The third-order valence-corrected chi connectivity index (χ3v) is 5.71. The van der Waals surface area contributed by atoms with E-state index in [1.807, 2.05) is 80.6 Å². The summed E-state index contributed by atoms with van der Waals surface area (Å²) < 4.78 is 6.03. The molecule has 0 saturated carbocycles. The fraction of sp³-hybridized carbons (Fsp3) is 0.154. The second-order valence-corrected chi connectivity index (χ2v) is 7.91. The highest BCUT2D eigenvalue weighted by Crippen LogP contribution is 2.39. The van der Waals surface area contributed by atoms with Crippen molar-refractivity contribution in [1.29, 1.82) is 0 Å². The summed E-state index contributed by atoms with van der Waals surface area (Å²) in [4.78, 5) is 28.7. The monoisotopic (exact) mass is 395 g/mol. The lowest BCUT2D eigenvalue weighted by Crippen LogP contribution is -2.29. The molecule has 4 aromatic rings. The molecule has 0 aliphatic carbocycles. The standard InChI is InChI=1S/C26H21NO3/c1-16-8-11-19(12-9-16)23-22-24(28)20-13-10-17(2)14-21(20)30-25(22)26(29)27(23)15-18-6-4-3-5-7-18/h3-14,23H,15H2,1-2H3. The van der Waals surface area contributed by atoms with Crippen LogP contribution in [0.5, 0.6) is 0 Å². The first-order valence-corrected chi connectivity index (χ1v) is 10.0. The first kappa shape index (κ1) is 18.4. The van der Waals surface area contributed by atoms with E-state index in [0.717, 1.165) is 22.3 Å². The molecule has 0 spiro atoms. The number of benzene rings is 3. The summed E-state index contributed by atoms with van der Waals surface area (Å²) in [5.41, 5.74) is 4.75. The Kier molecular flexibility index (Phi) is 4.28. The van der Waals surface area contributed by atoms with Gasteiger partial charge in [-0.2, -0.15) is 0 Å². The minimum atomic E-state index is -0.477. The third-order valence-electron chi connectivity index (χ3n) is 5.71. The van der Waals surface area contributed by atoms with Gasteiger partial charge in [0.15, 0.2) is 5.43 Å². The van der Waals surface area contributed by atoms with E-state index in [1.54, 1.807) is 11.0 Å². The van der Waals surface area contributed by atoms with Crippen LogP contribution < -0.4 is 5.43 Å². The predicted octanol–water partition coefficient (Wildman–Crippen LogP) is 5.16. The molecule has 148 valence electrons. The number of nitrogens with zero attached hydrogens (tertiary/aromatic N) is 1. The minimum absolute atomic E-state index is 0.138. The Morgan fingerprint density at radius 2 is 1.57 bits per heavy atom. The molecule has 3 aromatic carbocycles. The quantitative estimate of drug-likeness (QED) is 0.482. The Labute approximate surface area is 174 Å². The number of aryl methyl sites for hydroxylation is 2. The van der Waals surface area contributed by atoms with Gasteiger partial charge in [0.05, 0.1) is 17.0 Å². The lowest BCUT2D eigenvalue weighted by atomic mass is 9.97. The van der Waals surface area contributed by atoms with E-state index in [4.69, 9.17) is 4.42 Å². The second-order valence-electron chi connectivity index (χ2n) is 7.91. The van der Waals surface area contributed by atoms with Crippen LogP contribution in [0.15, 0.2) is 82.0 Å². The molecular weight excluding hydrogens is 374 g/mol. The van der Waals surface area contributed by atoms with Crippen LogP contribution in [0.3, 0.4) is 0 Å². The van der Waals surface area contributed by atoms with Gasteiger partial charge in [0.25, 0.3) is 5.91 Å². The van der Waals surface area contributed by atoms with Crippen molar-refractivity contribution in [2.24, 2.45) is 0 Å². The number of hydrogen-bond acceptors (Lipinski definition) is 3.